The van der Waals surface area contributed by atoms with Gasteiger partial charge in [-0.2, -0.15) is 0 Å². The minimum Gasteiger partial charge on any atom is -0.352 e. The van der Waals surface area contributed by atoms with E-state index in [1.165, 1.54) is 22.0 Å². The number of hydrogen-bond donors (Lipinski definition) is 1. The van der Waals surface area contributed by atoms with Gasteiger partial charge in [-0.3, -0.25) is 9.78 Å². The van der Waals surface area contributed by atoms with Crippen molar-refractivity contribution < 1.29 is 4.79 Å². The van der Waals surface area contributed by atoms with Crippen molar-refractivity contribution >= 4 is 16.8 Å². The lowest BCUT2D eigenvalue weighted by Gasteiger charge is -2.22. The first-order valence-corrected chi connectivity index (χ1v) is 11.1. The summed E-state index contributed by atoms with van der Waals surface area (Å²) in [4.78, 5) is 17.0. The van der Waals surface area contributed by atoms with Gasteiger partial charge in [0.15, 0.2) is 0 Å². The van der Waals surface area contributed by atoms with Gasteiger partial charge in [0.2, 0.25) is 5.91 Å². The number of nitrogens with one attached hydrogen (secondary N) is 1. The second kappa shape index (κ2) is 8.99. The van der Waals surface area contributed by atoms with Gasteiger partial charge in [-0.25, -0.2) is 0 Å². The Labute approximate surface area is 190 Å². The molecule has 2 aromatic carbocycles. The Hall–Kier alpha value is -3.40. The van der Waals surface area contributed by atoms with Crippen molar-refractivity contribution in [2.45, 2.75) is 45.1 Å². The van der Waals surface area contributed by atoms with E-state index < -0.39 is 0 Å². The summed E-state index contributed by atoms with van der Waals surface area (Å²) in [5.41, 5.74) is 5.95. The summed E-state index contributed by atoms with van der Waals surface area (Å²) in [5, 5.41) is 4.28. The fraction of sp³-hybridized carbons (Fsp3) is 0.286. The molecule has 4 aromatic rings. The summed E-state index contributed by atoms with van der Waals surface area (Å²) in [7, 11) is 2.06. The lowest BCUT2D eigenvalue weighted by atomic mass is 9.83. The molecule has 0 aliphatic rings. The van der Waals surface area contributed by atoms with Gasteiger partial charge in [0.05, 0.1) is 0 Å². The molecule has 0 spiro atoms. The molecule has 0 fully saturated rings. The zero-order chi connectivity index (χ0) is 22.7. The number of carbonyl (C=O) groups is 1. The molecule has 1 unspecified atom stereocenters. The molecule has 1 amide bonds. The van der Waals surface area contributed by atoms with Crippen LogP contribution in [0, 0.1) is 0 Å². The third kappa shape index (κ3) is 4.75. The number of benzene rings is 2. The first-order valence-electron chi connectivity index (χ1n) is 11.1. The lowest BCUT2D eigenvalue weighted by molar-refractivity contribution is -0.121. The highest BCUT2D eigenvalue weighted by Gasteiger charge is 2.23. The van der Waals surface area contributed by atoms with Gasteiger partial charge in [-0.1, -0.05) is 63.2 Å². The Morgan fingerprint density at radius 3 is 2.38 bits per heavy atom. The van der Waals surface area contributed by atoms with Crippen LogP contribution < -0.4 is 5.32 Å². The molecule has 4 nitrogen and oxygen atoms in total. The molecule has 0 saturated carbocycles. The summed E-state index contributed by atoms with van der Waals surface area (Å²) in [6, 6.07) is 21.0. The van der Waals surface area contributed by atoms with Crippen molar-refractivity contribution in [2.75, 3.05) is 0 Å². The maximum atomic E-state index is 13.0. The predicted molar refractivity (Wildman–Crippen MR) is 131 cm³/mol. The maximum Gasteiger partial charge on any atom is 0.221 e. The first kappa shape index (κ1) is 21.8. The van der Waals surface area contributed by atoms with E-state index in [0.29, 0.717) is 13.0 Å². The highest BCUT2D eigenvalue weighted by molar-refractivity contribution is 5.86. The number of aryl methyl sites for hydroxylation is 1. The topological polar surface area (TPSA) is 46.9 Å². The number of pyridine rings is 1. The standard InChI is InChI=1S/C28H31N3O/c1-28(2,3)22-11-9-21(10-12-22)24(17-27(32)30-18-20-13-15-29-16-14-20)25-19-31(4)26-8-6-5-7-23(25)26/h5-16,19,24H,17-18H2,1-4H3,(H,30,32). The van der Waals surface area contributed by atoms with E-state index >= 15 is 0 Å². The van der Waals surface area contributed by atoms with Crippen molar-refractivity contribution in [3.8, 4) is 0 Å². The largest absolute Gasteiger partial charge is 0.352 e. The molecule has 1 N–H and O–H groups in total. The van der Waals surface area contributed by atoms with Crippen molar-refractivity contribution in [1.82, 2.24) is 14.9 Å². The molecule has 0 aliphatic carbocycles. The minimum absolute atomic E-state index is 0.0208. The Kier molecular flexibility index (Phi) is 6.13. The van der Waals surface area contributed by atoms with E-state index in [4.69, 9.17) is 0 Å². The first-order chi connectivity index (χ1) is 15.3. The zero-order valence-corrected chi connectivity index (χ0v) is 19.3. The van der Waals surface area contributed by atoms with Gasteiger partial charge in [-0.05, 0) is 45.9 Å². The van der Waals surface area contributed by atoms with Gasteiger partial charge in [-0.15, -0.1) is 0 Å². The second-order valence-corrected chi connectivity index (χ2v) is 9.47. The number of fused-ring (bicyclic) bond motifs is 1. The number of hydrogen-bond acceptors (Lipinski definition) is 2. The molecular formula is C28H31N3O. The Morgan fingerprint density at radius 1 is 1.00 bits per heavy atom. The number of rotatable bonds is 6. The van der Waals surface area contributed by atoms with Crippen LogP contribution in [0.1, 0.15) is 55.4 Å². The van der Waals surface area contributed by atoms with Gasteiger partial charge < -0.3 is 9.88 Å². The monoisotopic (exact) mass is 425 g/mol. The molecule has 2 heterocycles. The molecule has 0 aliphatic heterocycles. The average molecular weight is 426 g/mol. The van der Waals surface area contributed by atoms with Crippen LogP contribution in [0.4, 0.5) is 0 Å². The molecule has 0 radical (unpaired) electrons. The quantitative estimate of drug-likeness (QED) is 0.430. The molecule has 4 rings (SSSR count). The lowest BCUT2D eigenvalue weighted by Crippen LogP contribution is -2.25. The fourth-order valence-corrected chi connectivity index (χ4v) is 4.23. The van der Waals surface area contributed by atoms with Crippen LogP contribution in [0.25, 0.3) is 10.9 Å². The van der Waals surface area contributed by atoms with Crippen LogP contribution in [-0.4, -0.2) is 15.5 Å². The van der Waals surface area contributed by atoms with Crippen LogP contribution in [-0.2, 0) is 23.8 Å². The molecule has 1 atom stereocenters. The maximum absolute atomic E-state index is 13.0. The summed E-state index contributed by atoms with van der Waals surface area (Å²) < 4.78 is 2.15. The van der Waals surface area contributed by atoms with E-state index in [0.717, 1.165) is 11.1 Å². The van der Waals surface area contributed by atoms with Crippen LogP contribution in [0.5, 0.6) is 0 Å². The second-order valence-electron chi connectivity index (χ2n) is 9.47. The highest BCUT2D eigenvalue weighted by Crippen LogP contribution is 2.35. The van der Waals surface area contributed by atoms with Crippen LogP contribution in [0.3, 0.4) is 0 Å². The number of amides is 1. The summed E-state index contributed by atoms with van der Waals surface area (Å²) in [6.45, 7) is 7.16. The molecule has 2 aromatic heterocycles. The van der Waals surface area contributed by atoms with Gasteiger partial charge in [0.1, 0.15) is 0 Å². The molecule has 0 saturated heterocycles. The van der Waals surface area contributed by atoms with Gasteiger partial charge >= 0.3 is 0 Å². The third-order valence-electron chi connectivity index (χ3n) is 6.11. The van der Waals surface area contributed by atoms with E-state index in [2.05, 4.69) is 97.4 Å². The predicted octanol–water partition coefficient (Wildman–Crippen LogP) is 5.71. The third-order valence-corrected chi connectivity index (χ3v) is 6.11. The van der Waals surface area contributed by atoms with E-state index in [1.807, 2.05) is 12.1 Å². The summed E-state index contributed by atoms with van der Waals surface area (Å²) >= 11 is 0. The highest BCUT2D eigenvalue weighted by atomic mass is 16.1. The molecule has 0 bridgehead atoms. The van der Waals surface area contributed by atoms with E-state index in [-0.39, 0.29) is 17.2 Å². The smallest absolute Gasteiger partial charge is 0.221 e. The number of para-hydroxylation sites is 1. The van der Waals surface area contributed by atoms with Gasteiger partial charge in [0.25, 0.3) is 0 Å². The molecule has 32 heavy (non-hydrogen) atoms. The number of nitrogens with zero attached hydrogens (tertiary/aromatic N) is 2. The normalized spacial score (nSPS) is 12.6. The van der Waals surface area contributed by atoms with E-state index in [9.17, 15) is 4.79 Å². The average Bonchev–Trinajstić information content (AvgIpc) is 3.13. The molecule has 164 valence electrons. The number of aromatic nitrogens is 2. The van der Waals surface area contributed by atoms with Crippen molar-refractivity contribution in [3.05, 3.63) is 102 Å². The van der Waals surface area contributed by atoms with Crippen molar-refractivity contribution in [3.63, 3.8) is 0 Å². The Bertz CT molecular complexity index is 1200. The minimum atomic E-state index is -0.0208. The number of carbonyl (C=O) groups excluding carboxylic acids is 1. The zero-order valence-electron chi connectivity index (χ0n) is 19.3. The van der Waals surface area contributed by atoms with Crippen LogP contribution >= 0.6 is 0 Å². The molecule has 4 heteroatoms. The van der Waals surface area contributed by atoms with Crippen molar-refractivity contribution in [1.29, 1.82) is 0 Å². The Balaban J connectivity index is 1.65. The molecular weight excluding hydrogens is 394 g/mol. The van der Waals surface area contributed by atoms with Crippen LogP contribution in [0.15, 0.2) is 79.3 Å². The summed E-state index contributed by atoms with van der Waals surface area (Å²) in [5.74, 6) is 0.0206. The SMILES string of the molecule is Cn1cc(C(CC(=O)NCc2ccncc2)c2ccc(C(C)(C)C)cc2)c2ccccc21. The fourth-order valence-electron chi connectivity index (χ4n) is 4.23. The van der Waals surface area contributed by atoms with E-state index in [1.54, 1.807) is 12.4 Å². The van der Waals surface area contributed by atoms with Gasteiger partial charge in [0, 0.05) is 55.4 Å². The Morgan fingerprint density at radius 2 is 1.69 bits per heavy atom. The van der Waals surface area contributed by atoms with Crippen molar-refractivity contribution in [2.24, 2.45) is 7.05 Å². The van der Waals surface area contributed by atoms with Crippen LogP contribution in [0.2, 0.25) is 0 Å². The summed E-state index contributed by atoms with van der Waals surface area (Å²) in [6.07, 6.45) is 6.06.